The molecule has 0 aliphatic rings. The number of benzene rings is 4. The van der Waals surface area contributed by atoms with Crippen LogP contribution in [0.3, 0.4) is 0 Å². The number of primary sulfonamides is 2. The van der Waals surface area contributed by atoms with Gasteiger partial charge in [-0.15, -0.1) is 0 Å². The molecule has 328 valence electrons. The van der Waals surface area contributed by atoms with Crippen molar-refractivity contribution in [3.05, 3.63) is 149 Å². The topological polar surface area (TPSA) is 261 Å². The Hall–Kier alpha value is -7.21. The Morgan fingerprint density at radius 2 is 0.968 bits per heavy atom. The number of nitrogens with one attached hydrogen (secondary N) is 3. The van der Waals surface area contributed by atoms with Gasteiger partial charge in [-0.3, -0.25) is 9.69 Å². The van der Waals surface area contributed by atoms with E-state index < -0.39 is 31.7 Å². The van der Waals surface area contributed by atoms with E-state index in [1.165, 1.54) is 48.5 Å². The normalized spacial score (nSPS) is 10.0. The zero-order chi connectivity index (χ0) is 43.0. The van der Waals surface area contributed by atoms with Gasteiger partial charge in [0.25, 0.3) is 0 Å². The van der Waals surface area contributed by atoms with Crippen LogP contribution in [-0.4, -0.2) is 50.2 Å². The zero-order valence-electron chi connectivity index (χ0n) is 30.1. The van der Waals surface area contributed by atoms with Crippen LogP contribution in [0.5, 0.6) is 11.5 Å². The van der Waals surface area contributed by atoms with Crippen LogP contribution in [0.1, 0.15) is 22.3 Å². The molecule has 0 spiro atoms. The van der Waals surface area contributed by atoms with E-state index >= 15 is 0 Å². The van der Waals surface area contributed by atoms with Crippen molar-refractivity contribution in [2.45, 2.75) is 32.1 Å². The quantitative estimate of drug-likeness (QED) is 0.0385. The van der Waals surface area contributed by atoms with Crippen molar-refractivity contribution in [1.82, 2.24) is 19.9 Å². The molecular formula is C39H43ClF2N12O6S2. The third-order valence-corrected chi connectivity index (χ3v) is 8.97. The van der Waals surface area contributed by atoms with Gasteiger partial charge < -0.3 is 31.2 Å². The fraction of sp³-hybridized carbons (Fsp3) is 0.128. The van der Waals surface area contributed by atoms with Crippen LogP contribution in [0.15, 0.2) is 119 Å². The molecule has 0 bridgehead atoms. The van der Waals surface area contributed by atoms with Crippen LogP contribution in [0.2, 0.25) is 5.28 Å². The lowest BCUT2D eigenvalue weighted by atomic mass is 10.3. The fourth-order valence-electron chi connectivity index (χ4n) is 4.22. The molecular weight excluding hydrogens is 870 g/mol. The largest absolute Gasteiger partial charge is 0.426 e. The smallest absolute Gasteiger partial charge is 0.357 e. The highest BCUT2D eigenvalue weighted by atomic mass is 35.5. The van der Waals surface area contributed by atoms with Gasteiger partial charge in [0.1, 0.15) is 11.5 Å². The molecule has 0 radical (unpaired) electrons. The second-order valence-electron chi connectivity index (χ2n) is 11.2. The number of hydrogen-bond acceptors (Lipinski definition) is 14. The van der Waals surface area contributed by atoms with Crippen molar-refractivity contribution in [2.24, 2.45) is 10.3 Å². The summed E-state index contributed by atoms with van der Waals surface area (Å²) in [5.41, 5.74) is 7.51. The van der Waals surface area contributed by atoms with E-state index in [2.05, 4.69) is 45.6 Å². The molecule has 6 aromatic rings. The van der Waals surface area contributed by atoms with Gasteiger partial charge >= 0.3 is 13.5 Å². The molecule has 0 unspecified atom stereocenters. The van der Waals surface area contributed by atoms with E-state index in [0.717, 1.165) is 12.4 Å². The minimum absolute atomic E-state index is 0. The van der Waals surface area contributed by atoms with Crippen LogP contribution < -0.4 is 41.4 Å². The Kier molecular flexibility index (Phi) is 21.1. The van der Waals surface area contributed by atoms with E-state index in [9.17, 15) is 25.6 Å². The predicted octanol–water partition coefficient (Wildman–Crippen LogP) is 8.10. The molecule has 23 heteroatoms. The van der Waals surface area contributed by atoms with Crippen LogP contribution in [0, 0.1) is 24.8 Å². The molecule has 0 amide bonds. The molecule has 9 N–H and O–H groups in total. The molecule has 2 heterocycles. The molecule has 0 aliphatic carbocycles. The first-order valence-corrected chi connectivity index (χ1v) is 19.7. The number of aromatic nitrogens is 4. The molecule has 6 rings (SSSR count). The van der Waals surface area contributed by atoms with E-state index in [-0.39, 0.29) is 68.4 Å². The summed E-state index contributed by atoms with van der Waals surface area (Å²) in [5, 5.41) is 18.3. The van der Waals surface area contributed by atoms with Crippen molar-refractivity contribution in [2.75, 3.05) is 35.1 Å². The number of rotatable bonds is 12. The van der Waals surface area contributed by atoms with Crippen molar-refractivity contribution in [1.29, 1.82) is 0 Å². The highest BCUT2D eigenvalue weighted by molar-refractivity contribution is 7.89. The Labute approximate surface area is 363 Å². The maximum atomic E-state index is 14.1. The minimum Gasteiger partial charge on any atom is -0.426 e. The number of hydrogen-bond donors (Lipinski definition) is 6. The molecule has 0 aliphatic heterocycles. The van der Waals surface area contributed by atoms with E-state index in [0.29, 0.717) is 34.2 Å². The lowest BCUT2D eigenvalue weighted by Gasteiger charge is -2.10. The third kappa shape index (κ3) is 17.2. The molecule has 4 aromatic carbocycles. The van der Waals surface area contributed by atoms with Gasteiger partial charge in [0.2, 0.25) is 31.3 Å². The van der Waals surface area contributed by atoms with Gasteiger partial charge in [0, 0.05) is 22.7 Å². The molecule has 18 nitrogen and oxygen atoms in total. The van der Waals surface area contributed by atoms with Crippen LogP contribution >= 0.6 is 11.6 Å². The Morgan fingerprint density at radius 3 is 1.39 bits per heavy atom. The monoisotopic (exact) mass is 912 g/mol. The van der Waals surface area contributed by atoms with Crippen molar-refractivity contribution < 1.29 is 35.1 Å². The SMILES string of the molecule is C.C.C.Nc1ccc(S(N)(=O)=O)cc1.[C-]#[N+]COc1ccc(Nc2nc(Cl)ncc2F)cc1.[C-]#[N+]COc1ccc(Nc2nc(Nc3ccc(S(N)(=O)=O)cc3)ncc2F)cc1. The highest BCUT2D eigenvalue weighted by Crippen LogP contribution is 2.24. The van der Waals surface area contributed by atoms with Crippen LogP contribution in [0.4, 0.5) is 49.1 Å². The van der Waals surface area contributed by atoms with Crippen LogP contribution in [-0.2, 0) is 20.0 Å². The average molecular weight is 913 g/mol. The van der Waals surface area contributed by atoms with Gasteiger partial charge in [0.15, 0.2) is 23.3 Å². The number of nitrogens with zero attached hydrogens (tertiary/aromatic N) is 6. The second kappa shape index (κ2) is 24.8. The summed E-state index contributed by atoms with van der Waals surface area (Å²) in [6.07, 6.45) is 1.99. The minimum atomic E-state index is -3.79. The van der Waals surface area contributed by atoms with Gasteiger partial charge in [-0.05, 0) is 109 Å². The van der Waals surface area contributed by atoms with Gasteiger partial charge in [0.05, 0.1) is 22.2 Å². The lowest BCUT2D eigenvalue weighted by molar-refractivity contribution is 0.361. The standard InChI is InChI=1S/C18H15FN6O3S.C12H8ClFN4O.C6H8N2O2S.3CH4/c1-21-11-28-14-6-2-12(3-7-14)23-17-16(19)10-22-18(25-17)24-13-4-8-15(9-5-13)29(20,26)27;1-15-7-19-9-4-2-8(3-5-9)17-11-10(14)6-16-12(13)18-11;7-5-1-3-6(4-2-5)11(8,9)10;;;/h2-10H,11H2,(H2,20,26,27)(H2,22,23,24,25);2-6H,7H2,(H,16,17,18);1-4H,7H2,(H2,8,9,10);3*1H4. The summed E-state index contributed by atoms with van der Waals surface area (Å²) in [5.74, 6) is -0.142. The number of nitrogens with two attached hydrogens (primary N) is 3. The first kappa shape index (κ1) is 52.8. The summed E-state index contributed by atoms with van der Waals surface area (Å²) in [7, 11) is -7.36. The van der Waals surface area contributed by atoms with Crippen molar-refractivity contribution in [3.8, 4) is 11.5 Å². The fourth-order valence-corrected chi connectivity index (χ4v) is 5.38. The number of sulfonamides is 2. The van der Waals surface area contributed by atoms with Gasteiger partial charge in [-0.25, -0.2) is 59.0 Å². The number of nitrogen functional groups attached to an aromatic ring is 1. The third-order valence-electron chi connectivity index (χ3n) is 6.93. The molecule has 62 heavy (non-hydrogen) atoms. The van der Waals surface area contributed by atoms with E-state index in [1.54, 1.807) is 48.5 Å². The summed E-state index contributed by atoms with van der Waals surface area (Å²) in [4.78, 5) is 21.4. The first-order valence-electron chi connectivity index (χ1n) is 16.2. The summed E-state index contributed by atoms with van der Waals surface area (Å²) in [6, 6.07) is 24.6. The number of halogens is 3. The Morgan fingerprint density at radius 1 is 0.597 bits per heavy atom. The van der Waals surface area contributed by atoms with Crippen LogP contribution in [0.25, 0.3) is 9.69 Å². The lowest BCUT2D eigenvalue weighted by Crippen LogP contribution is -2.11. The van der Waals surface area contributed by atoms with Gasteiger partial charge in [-0.2, -0.15) is 9.97 Å². The molecule has 0 fully saturated rings. The first-order chi connectivity index (χ1) is 28.0. The average Bonchev–Trinajstić information content (AvgIpc) is 3.20. The number of anilines is 7. The Bertz CT molecular complexity index is 2660. The zero-order valence-corrected chi connectivity index (χ0v) is 32.5. The molecule has 0 saturated heterocycles. The van der Waals surface area contributed by atoms with Crippen molar-refractivity contribution in [3.63, 3.8) is 0 Å². The molecule has 2 aromatic heterocycles. The maximum absolute atomic E-state index is 14.1. The van der Waals surface area contributed by atoms with E-state index in [1.807, 2.05) is 0 Å². The number of ether oxygens (including phenoxy) is 2. The molecule has 0 saturated carbocycles. The van der Waals surface area contributed by atoms with Crippen molar-refractivity contribution >= 4 is 72.0 Å². The maximum Gasteiger partial charge on any atom is 0.357 e. The highest BCUT2D eigenvalue weighted by Gasteiger charge is 2.11. The Balaban J connectivity index is 0.000000502. The summed E-state index contributed by atoms with van der Waals surface area (Å²) < 4.78 is 81.7. The van der Waals surface area contributed by atoms with Gasteiger partial charge in [-0.1, -0.05) is 22.3 Å². The van der Waals surface area contributed by atoms with E-state index in [4.69, 9.17) is 50.2 Å². The predicted molar refractivity (Wildman–Crippen MR) is 236 cm³/mol. The second-order valence-corrected chi connectivity index (χ2v) is 14.7. The summed E-state index contributed by atoms with van der Waals surface area (Å²) >= 11 is 5.59. The molecule has 0 atom stereocenters. The summed E-state index contributed by atoms with van der Waals surface area (Å²) in [6.45, 7) is 13.2.